The van der Waals surface area contributed by atoms with Gasteiger partial charge in [0.05, 0.1) is 11.3 Å². The molecule has 1 saturated carbocycles. The van der Waals surface area contributed by atoms with E-state index >= 15 is 0 Å². The molecule has 2 heterocycles. The number of benzene rings is 2. The van der Waals surface area contributed by atoms with Gasteiger partial charge in [-0.1, -0.05) is 79.7 Å². The molecular weight excluding hydrogens is 844 g/mol. The van der Waals surface area contributed by atoms with Crippen LogP contribution in [0.4, 0.5) is 13.2 Å². The van der Waals surface area contributed by atoms with Gasteiger partial charge in [-0.05, 0) is 85.3 Å². The van der Waals surface area contributed by atoms with Crippen LogP contribution < -0.4 is 0 Å². The summed E-state index contributed by atoms with van der Waals surface area (Å²) in [6.45, 7) is 16.6. The van der Waals surface area contributed by atoms with Crippen LogP contribution >= 0.6 is 11.3 Å². The summed E-state index contributed by atoms with van der Waals surface area (Å²) in [5.74, 6) is 1.03. The van der Waals surface area contributed by atoms with E-state index in [2.05, 4.69) is 24.9 Å². The molecule has 3 nitrogen and oxygen atoms in total. The third kappa shape index (κ3) is 10.6. The molecule has 0 aliphatic heterocycles. The van der Waals surface area contributed by atoms with Crippen molar-refractivity contribution in [3.8, 4) is 21.7 Å². The van der Waals surface area contributed by atoms with Gasteiger partial charge < -0.3 is 10.1 Å². The molecular formula is C43H53F3IrNO2S-. The minimum atomic E-state index is -4.47. The molecule has 279 valence electrons. The zero-order valence-electron chi connectivity index (χ0n) is 31.3. The Kier molecular flexibility index (Phi) is 15.3. The Hall–Kier alpha value is -2.80. The maximum absolute atomic E-state index is 14.4. The van der Waals surface area contributed by atoms with Gasteiger partial charge in [0.1, 0.15) is 0 Å². The summed E-state index contributed by atoms with van der Waals surface area (Å²) in [5, 5.41) is 9.96. The number of thiophene rings is 1. The van der Waals surface area contributed by atoms with Gasteiger partial charge in [-0.15, -0.1) is 46.2 Å². The molecule has 2 aromatic carbocycles. The number of halogens is 3. The van der Waals surface area contributed by atoms with Crippen LogP contribution in [0, 0.1) is 37.2 Å². The van der Waals surface area contributed by atoms with Crippen LogP contribution in [0.15, 0.2) is 60.5 Å². The molecule has 0 amide bonds. The van der Waals surface area contributed by atoms with E-state index in [4.69, 9.17) is 0 Å². The fourth-order valence-electron chi connectivity index (χ4n) is 7.14. The fraction of sp³-hybridized carbons (Fsp3) is 0.488. The molecule has 1 aliphatic carbocycles. The molecule has 0 spiro atoms. The fourth-order valence-corrected chi connectivity index (χ4v) is 8.47. The number of pyridine rings is 1. The number of carbonyl (C=O) groups excluding carboxylic acids is 1. The summed E-state index contributed by atoms with van der Waals surface area (Å²) < 4.78 is 43.7. The molecule has 0 saturated heterocycles. The molecule has 1 N–H and O–H groups in total. The topological polar surface area (TPSA) is 50.2 Å². The molecule has 51 heavy (non-hydrogen) atoms. The van der Waals surface area contributed by atoms with E-state index in [9.17, 15) is 23.1 Å². The number of hydrogen-bond donors (Lipinski definition) is 1. The van der Waals surface area contributed by atoms with Crippen LogP contribution in [-0.2, 0) is 31.1 Å². The Labute approximate surface area is 320 Å². The smallest absolute Gasteiger partial charge is 0.418 e. The number of allylic oxidation sites excluding steroid dienone is 2. The van der Waals surface area contributed by atoms with Crippen LogP contribution in [-0.4, -0.2) is 15.9 Å². The molecule has 5 rings (SSSR count). The molecule has 1 radical (unpaired) electrons. The Balaban J connectivity index is 0.000000374. The number of nitrogens with zero attached hydrogens (tertiary/aromatic N) is 1. The van der Waals surface area contributed by atoms with Gasteiger partial charge in [0.2, 0.25) is 0 Å². The zero-order valence-corrected chi connectivity index (χ0v) is 34.5. The third-order valence-corrected chi connectivity index (χ3v) is 11.6. The van der Waals surface area contributed by atoms with E-state index < -0.39 is 11.7 Å². The summed E-state index contributed by atoms with van der Waals surface area (Å²) in [7, 11) is 0. The number of hydrogen-bond acceptors (Lipinski definition) is 4. The first kappa shape index (κ1) is 42.6. The van der Waals surface area contributed by atoms with Crippen molar-refractivity contribution in [3.63, 3.8) is 0 Å². The number of aryl methyl sites for hydroxylation is 2. The number of carbonyl (C=O) groups is 1. The number of rotatable bonds is 10. The van der Waals surface area contributed by atoms with E-state index in [1.54, 1.807) is 0 Å². The number of ketones is 1. The number of aromatic nitrogens is 1. The van der Waals surface area contributed by atoms with Gasteiger partial charge in [-0.2, -0.15) is 13.2 Å². The number of aliphatic hydroxyl groups is 1. The molecule has 0 atom stereocenters. The second-order valence-electron chi connectivity index (χ2n) is 14.7. The van der Waals surface area contributed by atoms with Gasteiger partial charge in [0.25, 0.3) is 0 Å². The van der Waals surface area contributed by atoms with Gasteiger partial charge in [-0.25, -0.2) is 0 Å². The Morgan fingerprint density at radius 3 is 2.10 bits per heavy atom. The van der Waals surface area contributed by atoms with Gasteiger partial charge in [0, 0.05) is 59.5 Å². The van der Waals surface area contributed by atoms with Crippen molar-refractivity contribution >= 4 is 27.2 Å². The van der Waals surface area contributed by atoms with Crippen molar-refractivity contribution < 1.29 is 43.2 Å². The normalized spacial score (nSPS) is 15.1. The van der Waals surface area contributed by atoms with E-state index in [-0.39, 0.29) is 53.7 Å². The van der Waals surface area contributed by atoms with Gasteiger partial charge in [-0.3, -0.25) is 4.79 Å². The van der Waals surface area contributed by atoms with Gasteiger partial charge >= 0.3 is 6.18 Å². The van der Waals surface area contributed by atoms with Crippen molar-refractivity contribution in [2.75, 3.05) is 0 Å². The van der Waals surface area contributed by atoms with Crippen LogP contribution in [0.5, 0.6) is 0 Å². The molecule has 2 aromatic heterocycles. The quantitative estimate of drug-likeness (QED) is 0.0980. The number of alkyl halides is 3. The van der Waals surface area contributed by atoms with Crippen molar-refractivity contribution in [3.05, 3.63) is 88.8 Å². The molecule has 0 unspecified atom stereocenters. The standard InChI is InChI=1S/C30H29F3NS.C13H24O2.Ir/c1-18-15-19(2)17-23(16-18)26-28-24(11-14-34-26)25(30(31,32)33)27(35-28)22-7-5-20(6-8-22)21-9-12-29(3,4)13-10-21;1-5-10(6-2)12(14)9-13(15)11(7-3)8-4;/h5-8,11,14-16,21H,9-10,12-13H2,1-4H3;9-11,14H,5-8H2,1-4H3;/q-1;;/b;12-9-;. The maximum atomic E-state index is 14.4. The zero-order chi connectivity index (χ0) is 36.8. The predicted octanol–water partition coefficient (Wildman–Crippen LogP) is 13.6. The predicted molar refractivity (Wildman–Crippen MR) is 203 cm³/mol. The Bertz CT molecular complexity index is 1750. The van der Waals surface area contributed by atoms with Crippen LogP contribution in [0.25, 0.3) is 31.8 Å². The summed E-state index contributed by atoms with van der Waals surface area (Å²) in [5.41, 5.74) is 4.90. The van der Waals surface area contributed by atoms with E-state index in [1.165, 1.54) is 48.1 Å². The molecule has 1 fully saturated rings. The van der Waals surface area contributed by atoms with Crippen molar-refractivity contribution in [1.82, 2.24) is 4.98 Å². The molecule has 8 heteroatoms. The van der Waals surface area contributed by atoms with E-state index in [0.717, 1.165) is 55.2 Å². The number of aliphatic hydroxyl groups excluding tert-OH is 1. The van der Waals surface area contributed by atoms with Crippen molar-refractivity contribution in [2.45, 2.75) is 119 Å². The van der Waals surface area contributed by atoms with Crippen molar-refractivity contribution in [2.24, 2.45) is 17.3 Å². The first-order valence-electron chi connectivity index (χ1n) is 18.2. The third-order valence-electron chi connectivity index (χ3n) is 10.4. The second-order valence-corrected chi connectivity index (χ2v) is 15.7. The molecule has 0 bridgehead atoms. The summed E-state index contributed by atoms with van der Waals surface area (Å²) in [4.78, 5) is 16.5. The summed E-state index contributed by atoms with van der Waals surface area (Å²) in [6.07, 6.45) is 6.53. The largest absolute Gasteiger partial charge is 0.512 e. The first-order valence-corrected chi connectivity index (χ1v) is 19.0. The average Bonchev–Trinajstić information content (AvgIpc) is 3.47. The van der Waals surface area contributed by atoms with Crippen LogP contribution in [0.3, 0.4) is 0 Å². The van der Waals surface area contributed by atoms with Crippen LogP contribution in [0.2, 0.25) is 0 Å². The first-order chi connectivity index (χ1) is 23.6. The van der Waals surface area contributed by atoms with E-state index in [1.807, 2.05) is 77.9 Å². The Morgan fingerprint density at radius 1 is 0.980 bits per heavy atom. The number of fused-ring (bicyclic) bond motifs is 1. The van der Waals surface area contributed by atoms with Gasteiger partial charge in [0.15, 0.2) is 5.78 Å². The maximum Gasteiger partial charge on any atom is 0.418 e. The monoisotopic (exact) mass is 897 g/mol. The summed E-state index contributed by atoms with van der Waals surface area (Å²) >= 11 is 1.18. The van der Waals surface area contributed by atoms with Crippen LogP contribution in [0.1, 0.15) is 121 Å². The average molecular weight is 897 g/mol. The van der Waals surface area contributed by atoms with Crippen molar-refractivity contribution in [1.29, 1.82) is 0 Å². The Morgan fingerprint density at radius 2 is 1.57 bits per heavy atom. The second kappa shape index (κ2) is 18.3. The summed E-state index contributed by atoms with van der Waals surface area (Å²) in [6, 6.07) is 16.5. The molecule has 4 aromatic rings. The van der Waals surface area contributed by atoms with E-state index in [0.29, 0.717) is 27.3 Å². The minimum absolute atomic E-state index is 0. The SMILES string of the molecule is CCC(CC)C(=O)/C=C(\O)C(CC)CC.Cc1[c-]c(-c2nccc3c(C(F)(F)F)c(-c4ccc(C5CCC(C)(C)CC5)cc4)sc23)cc(C)c1.[Ir]. The minimum Gasteiger partial charge on any atom is -0.512 e. The molecule has 1 aliphatic rings.